The zero-order valence-electron chi connectivity index (χ0n) is 8.73. The molecule has 1 nitrogen and oxygen atoms in total. The van der Waals surface area contributed by atoms with Crippen molar-refractivity contribution in [2.24, 2.45) is 0 Å². The zero-order chi connectivity index (χ0) is 10.2. The van der Waals surface area contributed by atoms with Crippen LogP contribution in [0.2, 0.25) is 5.02 Å². The number of fused-ring (bicyclic) bond motifs is 1. The highest BCUT2D eigenvalue weighted by atomic mass is 35.5. The van der Waals surface area contributed by atoms with Gasteiger partial charge in [0.1, 0.15) is 0 Å². The van der Waals surface area contributed by atoms with Crippen LogP contribution in [0.4, 0.5) is 5.69 Å². The Bertz CT molecular complexity index is 344. The molecule has 0 saturated carbocycles. The first-order valence-electron chi connectivity index (χ1n) is 5.14. The van der Waals surface area contributed by atoms with Crippen LogP contribution in [0, 0.1) is 0 Å². The number of anilines is 1. The minimum Gasteiger partial charge on any atom is -0.380 e. The average molecular weight is 210 g/mol. The number of halogens is 1. The maximum absolute atomic E-state index is 6.17. The van der Waals surface area contributed by atoms with Crippen LogP contribution in [-0.4, -0.2) is 5.54 Å². The van der Waals surface area contributed by atoms with Gasteiger partial charge in [-0.2, -0.15) is 0 Å². The Morgan fingerprint density at radius 3 is 2.93 bits per heavy atom. The third kappa shape index (κ3) is 1.88. The third-order valence-electron chi connectivity index (χ3n) is 2.82. The van der Waals surface area contributed by atoms with Crippen molar-refractivity contribution in [2.75, 3.05) is 5.32 Å². The van der Waals surface area contributed by atoms with Crippen LogP contribution in [-0.2, 0) is 6.42 Å². The molecule has 0 aliphatic carbocycles. The predicted octanol–water partition coefficient (Wildman–Crippen LogP) is 3.87. The first kappa shape index (κ1) is 9.85. The van der Waals surface area contributed by atoms with Crippen molar-refractivity contribution >= 4 is 17.3 Å². The highest BCUT2D eigenvalue weighted by molar-refractivity contribution is 6.31. The van der Waals surface area contributed by atoms with E-state index in [1.54, 1.807) is 0 Å². The fraction of sp³-hybridized carbons (Fsp3) is 0.500. The van der Waals surface area contributed by atoms with Gasteiger partial charge in [0, 0.05) is 16.2 Å². The number of benzene rings is 1. The lowest BCUT2D eigenvalue weighted by molar-refractivity contribution is 0.508. The summed E-state index contributed by atoms with van der Waals surface area (Å²) in [6.07, 6.45) is 3.49. The lowest BCUT2D eigenvalue weighted by atomic mass is 9.99. The summed E-state index contributed by atoms with van der Waals surface area (Å²) in [5.74, 6) is 0. The minimum atomic E-state index is 0.190. The molecule has 0 amide bonds. The van der Waals surface area contributed by atoms with E-state index in [1.165, 1.54) is 24.1 Å². The number of hydrogen-bond acceptors (Lipinski definition) is 1. The molecule has 0 bridgehead atoms. The van der Waals surface area contributed by atoms with Gasteiger partial charge in [0.25, 0.3) is 0 Å². The largest absolute Gasteiger partial charge is 0.380 e. The molecule has 1 aromatic carbocycles. The molecule has 0 aromatic heterocycles. The normalized spacial score (nSPS) is 19.4. The summed E-state index contributed by atoms with van der Waals surface area (Å²) < 4.78 is 0. The van der Waals surface area contributed by atoms with E-state index in [-0.39, 0.29) is 5.54 Å². The third-order valence-corrected chi connectivity index (χ3v) is 3.17. The van der Waals surface area contributed by atoms with Crippen molar-refractivity contribution in [3.05, 3.63) is 28.8 Å². The van der Waals surface area contributed by atoms with Crippen LogP contribution in [0.1, 0.15) is 32.3 Å². The predicted molar refractivity (Wildman–Crippen MR) is 62.1 cm³/mol. The van der Waals surface area contributed by atoms with Gasteiger partial charge in [0.05, 0.1) is 0 Å². The zero-order valence-corrected chi connectivity index (χ0v) is 9.49. The van der Waals surface area contributed by atoms with E-state index < -0.39 is 0 Å². The first-order chi connectivity index (χ1) is 6.58. The van der Waals surface area contributed by atoms with E-state index in [9.17, 15) is 0 Å². The number of nitrogens with one attached hydrogen (secondary N) is 1. The van der Waals surface area contributed by atoms with Crippen molar-refractivity contribution in [1.82, 2.24) is 0 Å². The van der Waals surface area contributed by atoms with E-state index in [0.29, 0.717) is 0 Å². The highest BCUT2D eigenvalue weighted by Gasteiger charge is 2.22. The Morgan fingerprint density at radius 2 is 2.14 bits per heavy atom. The fourth-order valence-corrected chi connectivity index (χ4v) is 2.33. The van der Waals surface area contributed by atoms with Gasteiger partial charge < -0.3 is 5.32 Å². The summed E-state index contributed by atoms with van der Waals surface area (Å²) in [6, 6.07) is 6.10. The van der Waals surface area contributed by atoms with Gasteiger partial charge in [0.15, 0.2) is 0 Å². The Labute approximate surface area is 90.5 Å². The second-order valence-electron chi connectivity index (χ2n) is 4.63. The maximum Gasteiger partial charge on any atom is 0.0458 e. The summed E-state index contributed by atoms with van der Waals surface area (Å²) in [4.78, 5) is 0. The van der Waals surface area contributed by atoms with Crippen LogP contribution < -0.4 is 5.32 Å². The molecule has 1 aliphatic rings. The highest BCUT2D eigenvalue weighted by Crippen LogP contribution is 2.33. The standard InChI is InChI=1S/C12H16ClN/c1-12(2)8-4-5-9-10(13)6-3-7-11(9)14-12/h3,6-7,14H,4-5,8H2,1-2H3. The SMILES string of the molecule is CC1(C)CCCc2c(Cl)cccc2N1. The molecule has 0 atom stereocenters. The first-order valence-corrected chi connectivity index (χ1v) is 5.52. The van der Waals surface area contributed by atoms with Crippen LogP contribution in [0.3, 0.4) is 0 Å². The van der Waals surface area contributed by atoms with Gasteiger partial charge in [0.2, 0.25) is 0 Å². The minimum absolute atomic E-state index is 0.190. The second kappa shape index (κ2) is 3.47. The van der Waals surface area contributed by atoms with Crippen molar-refractivity contribution in [1.29, 1.82) is 0 Å². The van der Waals surface area contributed by atoms with Crippen LogP contribution >= 0.6 is 11.6 Å². The molecule has 76 valence electrons. The summed E-state index contributed by atoms with van der Waals surface area (Å²) in [6.45, 7) is 4.48. The maximum atomic E-state index is 6.17. The van der Waals surface area contributed by atoms with Crippen LogP contribution in [0.5, 0.6) is 0 Å². The second-order valence-corrected chi connectivity index (χ2v) is 5.04. The Balaban J connectivity index is 2.42. The van der Waals surface area contributed by atoms with Gasteiger partial charge in [-0.25, -0.2) is 0 Å². The van der Waals surface area contributed by atoms with Gasteiger partial charge in [-0.15, -0.1) is 0 Å². The van der Waals surface area contributed by atoms with E-state index in [1.807, 2.05) is 12.1 Å². The molecule has 0 saturated heterocycles. The number of hydrogen-bond donors (Lipinski definition) is 1. The number of rotatable bonds is 0. The van der Waals surface area contributed by atoms with Gasteiger partial charge in [-0.1, -0.05) is 17.7 Å². The molecule has 1 heterocycles. The van der Waals surface area contributed by atoms with Gasteiger partial charge >= 0.3 is 0 Å². The van der Waals surface area contributed by atoms with Crippen LogP contribution in [0.15, 0.2) is 18.2 Å². The Hall–Kier alpha value is -0.690. The summed E-state index contributed by atoms with van der Waals surface area (Å²) >= 11 is 6.17. The molecule has 0 spiro atoms. The fourth-order valence-electron chi connectivity index (χ4n) is 2.06. The topological polar surface area (TPSA) is 12.0 Å². The van der Waals surface area contributed by atoms with Crippen molar-refractivity contribution in [3.63, 3.8) is 0 Å². The quantitative estimate of drug-likeness (QED) is 0.684. The molecule has 1 aliphatic heterocycles. The molecule has 0 radical (unpaired) electrons. The van der Waals surface area contributed by atoms with Crippen LogP contribution in [0.25, 0.3) is 0 Å². The van der Waals surface area contributed by atoms with Crippen molar-refractivity contribution in [3.8, 4) is 0 Å². The molecular formula is C12H16ClN. The molecule has 1 N–H and O–H groups in total. The van der Waals surface area contributed by atoms with E-state index in [2.05, 4.69) is 25.2 Å². The van der Waals surface area contributed by atoms with Gasteiger partial charge in [-0.3, -0.25) is 0 Å². The molecule has 0 fully saturated rings. The van der Waals surface area contributed by atoms with E-state index in [0.717, 1.165) is 11.4 Å². The van der Waals surface area contributed by atoms with Gasteiger partial charge in [-0.05, 0) is 50.8 Å². The Kier molecular flexibility index (Phi) is 2.44. The van der Waals surface area contributed by atoms with Crippen molar-refractivity contribution in [2.45, 2.75) is 38.6 Å². The summed E-state index contributed by atoms with van der Waals surface area (Å²) in [7, 11) is 0. The summed E-state index contributed by atoms with van der Waals surface area (Å²) in [5.41, 5.74) is 2.68. The van der Waals surface area contributed by atoms with E-state index >= 15 is 0 Å². The lowest BCUT2D eigenvalue weighted by Gasteiger charge is -2.25. The van der Waals surface area contributed by atoms with Crippen molar-refractivity contribution < 1.29 is 0 Å². The molecule has 2 rings (SSSR count). The summed E-state index contributed by atoms with van der Waals surface area (Å²) in [5, 5.41) is 4.45. The lowest BCUT2D eigenvalue weighted by Crippen LogP contribution is -2.29. The molecule has 14 heavy (non-hydrogen) atoms. The smallest absolute Gasteiger partial charge is 0.0458 e. The Morgan fingerprint density at radius 1 is 1.36 bits per heavy atom. The molecular weight excluding hydrogens is 194 g/mol. The average Bonchev–Trinajstić information content (AvgIpc) is 2.23. The van der Waals surface area contributed by atoms with E-state index in [4.69, 9.17) is 11.6 Å². The molecule has 2 heteroatoms. The monoisotopic (exact) mass is 209 g/mol. The molecule has 1 aromatic rings. The molecule has 0 unspecified atom stereocenters.